The molecule has 0 saturated carbocycles. The summed E-state index contributed by atoms with van der Waals surface area (Å²) in [4.78, 5) is 27.5. The first kappa shape index (κ1) is 25.1. The van der Waals surface area contributed by atoms with E-state index in [2.05, 4.69) is 5.32 Å². The van der Waals surface area contributed by atoms with E-state index in [-0.39, 0.29) is 17.9 Å². The molecule has 0 aromatic heterocycles. The third kappa shape index (κ3) is 8.11. The summed E-state index contributed by atoms with van der Waals surface area (Å²) in [6.07, 6.45) is 0.835. The molecule has 2 aromatic rings. The maximum atomic E-state index is 13.1. The van der Waals surface area contributed by atoms with Crippen LogP contribution < -0.4 is 10.1 Å². The summed E-state index contributed by atoms with van der Waals surface area (Å²) in [6.45, 7) is 6.12. The summed E-state index contributed by atoms with van der Waals surface area (Å²) >= 11 is 7.46. The Morgan fingerprint density at radius 3 is 2.26 bits per heavy atom. The third-order valence-corrected chi connectivity index (χ3v) is 6.33. The van der Waals surface area contributed by atoms with Crippen molar-refractivity contribution >= 4 is 35.2 Å². The number of halogens is 1. The van der Waals surface area contributed by atoms with Gasteiger partial charge in [-0.25, -0.2) is 0 Å². The van der Waals surface area contributed by atoms with Crippen LogP contribution in [0.25, 0.3) is 0 Å². The van der Waals surface area contributed by atoms with Crippen molar-refractivity contribution < 1.29 is 14.3 Å². The zero-order chi connectivity index (χ0) is 22.8. The summed E-state index contributed by atoms with van der Waals surface area (Å²) in [5.74, 6) is 1.54. The van der Waals surface area contributed by atoms with Gasteiger partial charge in [0.25, 0.3) is 0 Å². The number of methoxy groups -OCH3 is 1. The Balaban J connectivity index is 2.07. The van der Waals surface area contributed by atoms with Gasteiger partial charge in [0.1, 0.15) is 11.8 Å². The lowest BCUT2D eigenvalue weighted by Gasteiger charge is -2.29. The molecule has 0 unspecified atom stereocenters. The van der Waals surface area contributed by atoms with Gasteiger partial charge >= 0.3 is 0 Å². The molecule has 2 aromatic carbocycles. The minimum absolute atomic E-state index is 0.0622. The van der Waals surface area contributed by atoms with Gasteiger partial charge in [0.05, 0.1) is 12.9 Å². The Morgan fingerprint density at radius 1 is 1.06 bits per heavy atom. The van der Waals surface area contributed by atoms with Gasteiger partial charge in [-0.2, -0.15) is 0 Å². The second kappa shape index (κ2) is 12.6. The van der Waals surface area contributed by atoms with Crippen molar-refractivity contribution in [3.05, 3.63) is 64.7 Å². The predicted octanol–water partition coefficient (Wildman–Crippen LogP) is 4.91. The minimum Gasteiger partial charge on any atom is -0.497 e. The quantitative estimate of drug-likeness (QED) is 0.515. The van der Waals surface area contributed by atoms with Crippen molar-refractivity contribution in [1.82, 2.24) is 10.2 Å². The van der Waals surface area contributed by atoms with Crippen LogP contribution in [0.15, 0.2) is 48.5 Å². The number of rotatable bonds is 11. The van der Waals surface area contributed by atoms with Gasteiger partial charge in [0.15, 0.2) is 0 Å². The smallest absolute Gasteiger partial charge is 0.242 e. The molecule has 2 atom stereocenters. The first-order chi connectivity index (χ1) is 14.8. The average Bonchev–Trinajstić information content (AvgIpc) is 2.78. The number of hydrogen-bond donors (Lipinski definition) is 1. The molecule has 0 heterocycles. The highest BCUT2D eigenvalue weighted by Gasteiger charge is 2.26. The molecule has 0 fully saturated rings. The fraction of sp³-hybridized carbons (Fsp3) is 0.417. The van der Waals surface area contributed by atoms with E-state index in [9.17, 15) is 9.59 Å². The van der Waals surface area contributed by atoms with E-state index in [1.807, 2.05) is 62.4 Å². The lowest BCUT2D eigenvalue weighted by Crippen LogP contribution is -2.50. The van der Waals surface area contributed by atoms with Gasteiger partial charge in [-0.05, 0) is 55.7 Å². The summed E-state index contributed by atoms with van der Waals surface area (Å²) in [6, 6.07) is 14.6. The van der Waals surface area contributed by atoms with Crippen LogP contribution in [-0.4, -0.2) is 41.7 Å². The summed E-state index contributed by atoms with van der Waals surface area (Å²) in [5.41, 5.74) is 2.05. The highest BCUT2D eigenvalue weighted by atomic mass is 35.5. The van der Waals surface area contributed by atoms with Crippen LogP contribution in [0.4, 0.5) is 0 Å². The summed E-state index contributed by atoms with van der Waals surface area (Å²) in [7, 11) is 1.62. The summed E-state index contributed by atoms with van der Waals surface area (Å²) in [5, 5.41) is 3.68. The lowest BCUT2D eigenvalue weighted by molar-refractivity contribution is -0.138. The van der Waals surface area contributed by atoms with Crippen LogP contribution in [0.1, 0.15) is 38.3 Å². The number of carbonyl (C=O) groups is 2. The largest absolute Gasteiger partial charge is 0.497 e. The molecule has 7 heteroatoms. The van der Waals surface area contributed by atoms with Gasteiger partial charge in [-0.1, -0.05) is 42.8 Å². The molecule has 0 radical (unpaired) electrons. The number of nitrogens with zero attached hydrogens (tertiary/aromatic N) is 1. The molecule has 2 amide bonds. The molecule has 1 N–H and O–H groups in total. The Kier molecular flexibility index (Phi) is 10.2. The number of ether oxygens (including phenoxy) is 1. The van der Waals surface area contributed by atoms with Gasteiger partial charge < -0.3 is 15.0 Å². The fourth-order valence-corrected chi connectivity index (χ4v) is 3.89. The molecule has 0 bridgehead atoms. The van der Waals surface area contributed by atoms with Crippen LogP contribution in [-0.2, 0) is 21.9 Å². The zero-order valence-electron chi connectivity index (χ0n) is 18.6. The van der Waals surface area contributed by atoms with E-state index in [1.54, 1.807) is 18.9 Å². The standard InChI is InChI=1S/C24H31ClN2O3S/c1-5-17(2)26-24(29)18(3)27(14-19-8-12-22(30-4)13-9-19)23(28)16-31-15-20-6-10-21(25)11-7-20/h6-13,17-18H,5,14-16H2,1-4H3,(H,26,29)/t17-,18-/m0/s1. The van der Waals surface area contributed by atoms with E-state index >= 15 is 0 Å². The Bertz CT molecular complexity index is 843. The number of benzene rings is 2. The first-order valence-corrected chi connectivity index (χ1v) is 11.9. The number of carbonyl (C=O) groups excluding carboxylic acids is 2. The Hall–Kier alpha value is -2.18. The van der Waals surface area contributed by atoms with E-state index in [0.717, 1.165) is 23.3 Å². The second-order valence-corrected chi connectivity index (χ2v) is 8.90. The van der Waals surface area contributed by atoms with Crippen molar-refractivity contribution in [1.29, 1.82) is 0 Å². The molecular weight excluding hydrogens is 432 g/mol. The molecule has 0 aliphatic rings. The summed E-state index contributed by atoms with van der Waals surface area (Å²) < 4.78 is 5.21. The topological polar surface area (TPSA) is 58.6 Å². The van der Waals surface area contributed by atoms with Gasteiger partial charge in [0.2, 0.25) is 11.8 Å². The maximum absolute atomic E-state index is 13.1. The zero-order valence-corrected chi connectivity index (χ0v) is 20.1. The monoisotopic (exact) mass is 462 g/mol. The molecule has 0 aliphatic carbocycles. The number of thioether (sulfide) groups is 1. The maximum Gasteiger partial charge on any atom is 0.242 e. The minimum atomic E-state index is -0.570. The van der Waals surface area contributed by atoms with Crippen molar-refractivity contribution in [2.75, 3.05) is 12.9 Å². The average molecular weight is 463 g/mol. The van der Waals surface area contributed by atoms with Crippen LogP contribution in [0, 0.1) is 0 Å². The molecule has 5 nitrogen and oxygen atoms in total. The number of amides is 2. The van der Waals surface area contributed by atoms with E-state index in [1.165, 1.54) is 11.8 Å². The van der Waals surface area contributed by atoms with Gasteiger partial charge in [-0.15, -0.1) is 11.8 Å². The van der Waals surface area contributed by atoms with Crippen molar-refractivity contribution in [3.8, 4) is 5.75 Å². The Labute approximate surface area is 194 Å². The van der Waals surface area contributed by atoms with Crippen molar-refractivity contribution in [3.63, 3.8) is 0 Å². The van der Waals surface area contributed by atoms with Crippen LogP contribution in [0.3, 0.4) is 0 Å². The normalized spacial score (nSPS) is 12.7. The first-order valence-electron chi connectivity index (χ1n) is 10.4. The highest BCUT2D eigenvalue weighted by Crippen LogP contribution is 2.19. The number of nitrogens with one attached hydrogen (secondary N) is 1. The highest BCUT2D eigenvalue weighted by molar-refractivity contribution is 7.99. The van der Waals surface area contributed by atoms with Crippen molar-refractivity contribution in [2.24, 2.45) is 0 Å². The van der Waals surface area contributed by atoms with Crippen LogP contribution in [0.5, 0.6) is 5.75 Å². The fourth-order valence-electron chi connectivity index (χ4n) is 2.90. The van der Waals surface area contributed by atoms with Crippen LogP contribution >= 0.6 is 23.4 Å². The van der Waals surface area contributed by atoms with E-state index < -0.39 is 6.04 Å². The van der Waals surface area contributed by atoms with Gasteiger partial charge in [0, 0.05) is 23.4 Å². The lowest BCUT2D eigenvalue weighted by atomic mass is 10.1. The SMILES string of the molecule is CC[C@H](C)NC(=O)[C@H](C)N(Cc1ccc(OC)cc1)C(=O)CSCc1ccc(Cl)cc1. The molecule has 2 rings (SSSR count). The molecule has 0 spiro atoms. The number of hydrogen-bond acceptors (Lipinski definition) is 4. The molecular formula is C24H31ClN2O3S. The van der Waals surface area contributed by atoms with Crippen LogP contribution in [0.2, 0.25) is 5.02 Å². The van der Waals surface area contributed by atoms with E-state index in [0.29, 0.717) is 23.1 Å². The molecule has 168 valence electrons. The predicted molar refractivity (Wildman–Crippen MR) is 129 cm³/mol. The molecule has 0 saturated heterocycles. The van der Waals surface area contributed by atoms with Gasteiger partial charge in [-0.3, -0.25) is 9.59 Å². The Morgan fingerprint density at radius 2 is 1.68 bits per heavy atom. The molecule has 0 aliphatic heterocycles. The second-order valence-electron chi connectivity index (χ2n) is 7.48. The van der Waals surface area contributed by atoms with E-state index in [4.69, 9.17) is 16.3 Å². The van der Waals surface area contributed by atoms with Crippen molar-refractivity contribution in [2.45, 2.75) is 51.6 Å². The molecule has 31 heavy (non-hydrogen) atoms. The third-order valence-electron chi connectivity index (χ3n) is 5.09.